The molecule has 2 fully saturated rings. The third-order valence-electron chi connectivity index (χ3n) is 5.15. The van der Waals surface area contributed by atoms with Crippen molar-refractivity contribution in [3.8, 4) is 0 Å². The lowest BCUT2D eigenvalue weighted by Crippen LogP contribution is -2.48. The second kappa shape index (κ2) is 7.85. The van der Waals surface area contributed by atoms with Crippen LogP contribution < -0.4 is 10.6 Å². The maximum absolute atomic E-state index is 12.8. The molecule has 2 atom stereocenters. The van der Waals surface area contributed by atoms with E-state index in [9.17, 15) is 13.2 Å². The molecule has 1 aromatic carbocycles. The predicted molar refractivity (Wildman–Crippen MR) is 97.0 cm³/mol. The number of nitrogens with zero attached hydrogens (tertiary/aromatic N) is 1. The van der Waals surface area contributed by atoms with Gasteiger partial charge in [-0.15, -0.1) is 0 Å². The summed E-state index contributed by atoms with van der Waals surface area (Å²) in [5.74, 6) is 0.160. The molecule has 2 aliphatic heterocycles. The number of carbonyl (C=O) groups is 1. The number of nitrogens with one attached hydrogen (secondary N) is 2. The first kappa shape index (κ1) is 18.4. The first-order valence-electron chi connectivity index (χ1n) is 9.10. The quantitative estimate of drug-likeness (QED) is 0.849. The van der Waals surface area contributed by atoms with Gasteiger partial charge in [-0.05, 0) is 56.5 Å². The number of rotatable bonds is 4. The van der Waals surface area contributed by atoms with Crippen LogP contribution in [-0.4, -0.2) is 50.9 Å². The first-order chi connectivity index (χ1) is 12.0. The molecule has 0 bridgehead atoms. The molecule has 0 aliphatic carbocycles. The average Bonchev–Trinajstić information content (AvgIpc) is 2.64. The number of benzene rings is 1. The Bertz CT molecular complexity index is 714. The van der Waals surface area contributed by atoms with Crippen molar-refractivity contribution < 1.29 is 13.2 Å². The van der Waals surface area contributed by atoms with Crippen molar-refractivity contribution in [2.75, 3.05) is 26.2 Å². The molecule has 7 heteroatoms. The second-order valence-electron chi connectivity index (χ2n) is 7.04. The molecule has 2 N–H and O–H groups in total. The molecule has 0 aromatic heterocycles. The lowest BCUT2D eigenvalue weighted by molar-refractivity contribution is 0.0914. The molecule has 0 saturated carbocycles. The molecule has 2 unspecified atom stereocenters. The molecule has 6 nitrogen and oxygen atoms in total. The van der Waals surface area contributed by atoms with Crippen molar-refractivity contribution in [1.82, 2.24) is 14.9 Å². The fourth-order valence-corrected chi connectivity index (χ4v) is 5.10. The highest BCUT2D eigenvalue weighted by Crippen LogP contribution is 2.21. The van der Waals surface area contributed by atoms with E-state index >= 15 is 0 Å². The minimum Gasteiger partial charge on any atom is -0.349 e. The van der Waals surface area contributed by atoms with Crippen molar-refractivity contribution in [2.24, 2.45) is 5.92 Å². The van der Waals surface area contributed by atoms with Gasteiger partial charge in [-0.2, -0.15) is 4.31 Å². The molecule has 1 amide bonds. The summed E-state index contributed by atoms with van der Waals surface area (Å²) < 4.78 is 27.1. The maximum atomic E-state index is 12.8. The Morgan fingerprint density at radius 1 is 1.24 bits per heavy atom. The third kappa shape index (κ3) is 4.22. The Morgan fingerprint density at radius 2 is 2.00 bits per heavy atom. The van der Waals surface area contributed by atoms with Gasteiger partial charge in [0.1, 0.15) is 0 Å². The zero-order valence-corrected chi connectivity index (χ0v) is 15.5. The van der Waals surface area contributed by atoms with Gasteiger partial charge in [0.05, 0.1) is 4.90 Å². The Balaban J connectivity index is 1.75. The second-order valence-corrected chi connectivity index (χ2v) is 8.98. The summed E-state index contributed by atoms with van der Waals surface area (Å²) >= 11 is 0. The van der Waals surface area contributed by atoms with Gasteiger partial charge in [-0.1, -0.05) is 19.4 Å². The molecule has 138 valence electrons. The zero-order valence-electron chi connectivity index (χ0n) is 14.7. The number of amides is 1. The molecule has 2 saturated heterocycles. The number of carbonyl (C=O) groups excluding carboxylic acids is 1. The van der Waals surface area contributed by atoms with Gasteiger partial charge in [0.2, 0.25) is 10.0 Å². The van der Waals surface area contributed by atoms with E-state index in [-0.39, 0.29) is 16.8 Å². The molecule has 0 spiro atoms. The number of sulfonamides is 1. The van der Waals surface area contributed by atoms with Crippen LogP contribution >= 0.6 is 0 Å². The first-order valence-corrected chi connectivity index (χ1v) is 10.5. The summed E-state index contributed by atoms with van der Waals surface area (Å²) in [4.78, 5) is 12.8. The smallest absolute Gasteiger partial charge is 0.251 e. The number of hydrogen-bond donors (Lipinski definition) is 2. The van der Waals surface area contributed by atoms with Gasteiger partial charge < -0.3 is 10.6 Å². The molecule has 2 aliphatic rings. The van der Waals surface area contributed by atoms with Gasteiger partial charge >= 0.3 is 0 Å². The molecule has 3 rings (SSSR count). The number of piperidine rings is 2. The van der Waals surface area contributed by atoms with Gasteiger partial charge in [-0.3, -0.25) is 4.79 Å². The summed E-state index contributed by atoms with van der Waals surface area (Å²) in [6, 6.07) is 6.53. The fraction of sp³-hybridized carbons (Fsp3) is 0.611. The van der Waals surface area contributed by atoms with Crippen LogP contribution in [0.15, 0.2) is 29.2 Å². The van der Waals surface area contributed by atoms with Crippen LogP contribution in [-0.2, 0) is 10.0 Å². The van der Waals surface area contributed by atoms with Crippen LogP contribution in [0.5, 0.6) is 0 Å². The topological polar surface area (TPSA) is 78.5 Å². The van der Waals surface area contributed by atoms with Crippen molar-refractivity contribution in [3.05, 3.63) is 29.8 Å². The highest BCUT2D eigenvalue weighted by molar-refractivity contribution is 7.89. The van der Waals surface area contributed by atoms with Crippen molar-refractivity contribution in [2.45, 2.75) is 43.5 Å². The zero-order chi connectivity index (χ0) is 17.9. The van der Waals surface area contributed by atoms with Crippen molar-refractivity contribution in [1.29, 1.82) is 0 Å². The Morgan fingerprint density at radius 3 is 2.72 bits per heavy atom. The molecular weight excluding hydrogens is 338 g/mol. The largest absolute Gasteiger partial charge is 0.349 e. The monoisotopic (exact) mass is 365 g/mol. The summed E-state index contributed by atoms with van der Waals surface area (Å²) in [5.41, 5.74) is 0.406. The molecule has 25 heavy (non-hydrogen) atoms. The summed E-state index contributed by atoms with van der Waals surface area (Å²) in [6.07, 6.45) is 3.75. The average molecular weight is 365 g/mol. The Labute approximate surface area is 150 Å². The van der Waals surface area contributed by atoms with E-state index in [1.807, 2.05) is 0 Å². The number of hydrogen-bond acceptors (Lipinski definition) is 4. The summed E-state index contributed by atoms with van der Waals surface area (Å²) in [7, 11) is -3.52. The lowest BCUT2D eigenvalue weighted by atomic mass is 9.95. The van der Waals surface area contributed by atoms with Crippen LogP contribution in [0.4, 0.5) is 0 Å². The van der Waals surface area contributed by atoms with E-state index < -0.39 is 10.0 Å². The van der Waals surface area contributed by atoms with Crippen LogP contribution in [0.1, 0.15) is 43.0 Å². The van der Waals surface area contributed by atoms with Gasteiger partial charge in [0.25, 0.3) is 5.91 Å². The highest BCUT2D eigenvalue weighted by Gasteiger charge is 2.27. The van der Waals surface area contributed by atoms with Crippen LogP contribution in [0, 0.1) is 5.92 Å². The third-order valence-corrected chi connectivity index (χ3v) is 7.05. The fourth-order valence-electron chi connectivity index (χ4n) is 3.53. The molecular formula is C18H27N3O3S. The Hall–Kier alpha value is -1.44. The molecule has 1 aromatic rings. The molecule has 2 heterocycles. The maximum Gasteiger partial charge on any atom is 0.251 e. The van der Waals surface area contributed by atoms with E-state index in [4.69, 9.17) is 0 Å². The van der Waals surface area contributed by atoms with E-state index in [1.165, 1.54) is 10.4 Å². The highest BCUT2D eigenvalue weighted by atomic mass is 32.2. The van der Waals surface area contributed by atoms with E-state index in [1.54, 1.807) is 18.2 Å². The van der Waals surface area contributed by atoms with Crippen LogP contribution in [0.25, 0.3) is 0 Å². The normalized spacial score (nSPS) is 25.5. The van der Waals surface area contributed by atoms with Crippen molar-refractivity contribution in [3.63, 3.8) is 0 Å². The van der Waals surface area contributed by atoms with Gasteiger partial charge in [-0.25, -0.2) is 8.42 Å². The van der Waals surface area contributed by atoms with Crippen LogP contribution in [0.3, 0.4) is 0 Å². The SMILES string of the molecule is CC1CNCCC1NC(=O)c1cccc(S(=O)(=O)N2CCCCC2)c1. The van der Waals surface area contributed by atoms with Crippen molar-refractivity contribution >= 4 is 15.9 Å². The minimum absolute atomic E-state index is 0.121. The Kier molecular flexibility index (Phi) is 5.76. The summed E-state index contributed by atoms with van der Waals surface area (Å²) in [5, 5.41) is 6.36. The standard InChI is InChI=1S/C18H27N3O3S/c1-14-13-19-9-8-17(14)20-18(22)15-6-5-7-16(12-15)25(23,24)21-10-3-2-4-11-21/h5-7,12,14,17,19H,2-4,8-11,13H2,1H3,(H,20,22). The minimum atomic E-state index is -3.52. The van der Waals surface area contributed by atoms with E-state index in [0.29, 0.717) is 24.6 Å². The van der Waals surface area contributed by atoms with E-state index in [2.05, 4.69) is 17.6 Å². The van der Waals surface area contributed by atoms with Crippen LogP contribution in [0.2, 0.25) is 0 Å². The van der Waals surface area contributed by atoms with E-state index in [0.717, 1.165) is 38.8 Å². The summed E-state index contributed by atoms with van der Waals surface area (Å²) in [6.45, 7) is 5.00. The van der Waals surface area contributed by atoms with Gasteiger partial charge in [0, 0.05) is 24.7 Å². The molecule has 0 radical (unpaired) electrons. The predicted octanol–water partition coefficient (Wildman–Crippen LogP) is 1.59. The van der Waals surface area contributed by atoms with Gasteiger partial charge in [0.15, 0.2) is 0 Å². The lowest BCUT2D eigenvalue weighted by Gasteiger charge is -2.30.